The van der Waals surface area contributed by atoms with Gasteiger partial charge in [-0.1, -0.05) is 12.1 Å². The normalized spacial score (nSPS) is 10.8. The van der Waals surface area contributed by atoms with Crippen LogP contribution >= 0.6 is 0 Å². The average molecular weight is 215 g/mol. The van der Waals surface area contributed by atoms with E-state index in [1.165, 1.54) is 6.07 Å². The van der Waals surface area contributed by atoms with Crippen molar-refractivity contribution in [2.45, 2.75) is 0 Å². The second-order valence-electron chi connectivity index (χ2n) is 3.16. The minimum Gasteiger partial charge on any atom is -0.345 e. The summed E-state index contributed by atoms with van der Waals surface area (Å²) in [5, 5.41) is 10.7. The highest BCUT2D eigenvalue weighted by Crippen LogP contribution is 2.19. The SMILES string of the molecule is O=[N+]([O-])c1ccccc1/C=C\c1cnc[nH]1. The zero-order chi connectivity index (χ0) is 11.4. The van der Waals surface area contributed by atoms with Gasteiger partial charge in [0.05, 0.1) is 28.7 Å². The Kier molecular flexibility index (Phi) is 2.77. The van der Waals surface area contributed by atoms with Gasteiger partial charge in [-0.15, -0.1) is 0 Å². The molecule has 0 saturated carbocycles. The maximum atomic E-state index is 10.7. The third-order valence-electron chi connectivity index (χ3n) is 2.10. The second-order valence-corrected chi connectivity index (χ2v) is 3.16. The lowest BCUT2D eigenvalue weighted by atomic mass is 10.1. The first-order valence-corrected chi connectivity index (χ1v) is 4.67. The number of para-hydroxylation sites is 1. The summed E-state index contributed by atoms with van der Waals surface area (Å²) in [6, 6.07) is 6.59. The van der Waals surface area contributed by atoms with Gasteiger partial charge in [0.2, 0.25) is 0 Å². The Hall–Kier alpha value is -2.43. The Labute approximate surface area is 91.6 Å². The molecule has 2 aromatic rings. The monoisotopic (exact) mass is 215 g/mol. The summed E-state index contributed by atoms with van der Waals surface area (Å²) in [4.78, 5) is 17.1. The summed E-state index contributed by atoms with van der Waals surface area (Å²) in [6.07, 6.45) is 6.63. The molecule has 0 fully saturated rings. The van der Waals surface area contributed by atoms with E-state index in [1.807, 2.05) is 0 Å². The van der Waals surface area contributed by atoms with Gasteiger partial charge in [0.15, 0.2) is 0 Å². The van der Waals surface area contributed by atoms with Gasteiger partial charge in [0.1, 0.15) is 0 Å². The molecule has 80 valence electrons. The molecule has 1 aromatic heterocycles. The summed E-state index contributed by atoms with van der Waals surface area (Å²) < 4.78 is 0. The number of nitro benzene ring substituents is 1. The number of H-pyrrole nitrogens is 1. The van der Waals surface area contributed by atoms with E-state index in [2.05, 4.69) is 9.97 Å². The Morgan fingerprint density at radius 1 is 1.31 bits per heavy atom. The molecule has 2 rings (SSSR count). The van der Waals surface area contributed by atoms with Crippen LogP contribution in [0.15, 0.2) is 36.8 Å². The van der Waals surface area contributed by atoms with Crippen molar-refractivity contribution in [1.29, 1.82) is 0 Å². The van der Waals surface area contributed by atoms with Crippen molar-refractivity contribution in [3.63, 3.8) is 0 Å². The Morgan fingerprint density at radius 2 is 2.12 bits per heavy atom. The summed E-state index contributed by atoms with van der Waals surface area (Å²) in [7, 11) is 0. The fraction of sp³-hybridized carbons (Fsp3) is 0. The van der Waals surface area contributed by atoms with Gasteiger partial charge in [-0.05, 0) is 18.2 Å². The Bertz CT molecular complexity index is 518. The van der Waals surface area contributed by atoms with Gasteiger partial charge in [-0.3, -0.25) is 10.1 Å². The summed E-state index contributed by atoms with van der Waals surface area (Å²) in [5.41, 5.74) is 1.47. The van der Waals surface area contributed by atoms with Crippen LogP contribution in [-0.2, 0) is 0 Å². The molecule has 0 aliphatic carbocycles. The topological polar surface area (TPSA) is 71.8 Å². The second kappa shape index (κ2) is 4.39. The minimum atomic E-state index is -0.396. The number of nitrogens with one attached hydrogen (secondary N) is 1. The molecule has 0 atom stereocenters. The largest absolute Gasteiger partial charge is 0.345 e. The summed E-state index contributed by atoms with van der Waals surface area (Å²) in [6.45, 7) is 0. The van der Waals surface area contributed by atoms with Crippen LogP contribution in [0.1, 0.15) is 11.3 Å². The van der Waals surface area contributed by atoms with Crippen LogP contribution in [0.4, 0.5) is 5.69 Å². The molecule has 0 aliphatic heterocycles. The third-order valence-corrected chi connectivity index (χ3v) is 2.10. The van der Waals surface area contributed by atoms with E-state index in [0.717, 1.165) is 5.69 Å². The van der Waals surface area contributed by atoms with Crippen molar-refractivity contribution >= 4 is 17.8 Å². The van der Waals surface area contributed by atoms with Crippen molar-refractivity contribution < 1.29 is 4.92 Å². The highest BCUT2D eigenvalue weighted by molar-refractivity contribution is 5.72. The van der Waals surface area contributed by atoms with Gasteiger partial charge in [0, 0.05) is 6.07 Å². The predicted octanol–water partition coefficient (Wildman–Crippen LogP) is 2.49. The number of aromatic nitrogens is 2. The van der Waals surface area contributed by atoms with Gasteiger partial charge < -0.3 is 4.98 Å². The van der Waals surface area contributed by atoms with Gasteiger partial charge in [-0.25, -0.2) is 4.98 Å². The van der Waals surface area contributed by atoms with Crippen LogP contribution in [0.2, 0.25) is 0 Å². The molecule has 0 amide bonds. The van der Waals surface area contributed by atoms with E-state index in [4.69, 9.17) is 0 Å². The maximum absolute atomic E-state index is 10.7. The number of benzene rings is 1. The molecule has 0 radical (unpaired) electrons. The molecule has 5 heteroatoms. The van der Waals surface area contributed by atoms with E-state index >= 15 is 0 Å². The highest BCUT2D eigenvalue weighted by atomic mass is 16.6. The number of rotatable bonds is 3. The first kappa shape index (κ1) is 10.1. The maximum Gasteiger partial charge on any atom is 0.276 e. The van der Waals surface area contributed by atoms with Gasteiger partial charge >= 0.3 is 0 Å². The lowest BCUT2D eigenvalue weighted by molar-refractivity contribution is -0.385. The molecule has 0 saturated heterocycles. The fourth-order valence-electron chi connectivity index (χ4n) is 1.33. The lowest BCUT2D eigenvalue weighted by Crippen LogP contribution is -1.90. The zero-order valence-electron chi connectivity index (χ0n) is 8.33. The molecule has 1 heterocycles. The highest BCUT2D eigenvalue weighted by Gasteiger charge is 2.08. The Balaban J connectivity index is 2.31. The van der Waals surface area contributed by atoms with E-state index < -0.39 is 4.92 Å². The molecule has 0 bridgehead atoms. The fourth-order valence-corrected chi connectivity index (χ4v) is 1.33. The van der Waals surface area contributed by atoms with Crippen molar-refractivity contribution in [3.05, 3.63) is 58.2 Å². The zero-order valence-corrected chi connectivity index (χ0v) is 8.33. The molecule has 5 nitrogen and oxygen atoms in total. The molecule has 1 N–H and O–H groups in total. The van der Waals surface area contributed by atoms with Crippen molar-refractivity contribution in [3.8, 4) is 0 Å². The molecular formula is C11H9N3O2. The van der Waals surface area contributed by atoms with Gasteiger partial charge in [0.25, 0.3) is 5.69 Å². The number of nitro groups is 1. The first-order chi connectivity index (χ1) is 7.77. The number of hydrogen-bond donors (Lipinski definition) is 1. The van der Waals surface area contributed by atoms with Crippen LogP contribution in [-0.4, -0.2) is 14.9 Å². The number of aromatic amines is 1. The Morgan fingerprint density at radius 3 is 2.81 bits per heavy atom. The van der Waals surface area contributed by atoms with Crippen LogP contribution in [0, 0.1) is 10.1 Å². The molecule has 0 unspecified atom stereocenters. The molecular weight excluding hydrogens is 206 g/mol. The standard InChI is InChI=1S/C11H9N3O2/c15-14(16)11-4-2-1-3-9(11)5-6-10-7-12-8-13-10/h1-8H,(H,12,13)/b6-5-. The van der Waals surface area contributed by atoms with Crippen LogP contribution in [0.25, 0.3) is 12.2 Å². The molecule has 1 aromatic carbocycles. The van der Waals surface area contributed by atoms with Crippen molar-refractivity contribution in [2.24, 2.45) is 0 Å². The molecule has 0 spiro atoms. The number of hydrogen-bond acceptors (Lipinski definition) is 3. The minimum absolute atomic E-state index is 0.0956. The number of imidazole rings is 1. The van der Waals surface area contributed by atoms with E-state index in [-0.39, 0.29) is 5.69 Å². The van der Waals surface area contributed by atoms with E-state index in [1.54, 1.807) is 42.9 Å². The molecule has 0 aliphatic rings. The number of nitrogens with zero attached hydrogens (tertiary/aromatic N) is 2. The average Bonchev–Trinajstić information content (AvgIpc) is 2.79. The third kappa shape index (κ3) is 2.14. The van der Waals surface area contributed by atoms with E-state index in [0.29, 0.717) is 5.56 Å². The van der Waals surface area contributed by atoms with Crippen molar-refractivity contribution in [1.82, 2.24) is 9.97 Å². The molecule has 16 heavy (non-hydrogen) atoms. The quantitative estimate of drug-likeness (QED) is 0.631. The van der Waals surface area contributed by atoms with Crippen LogP contribution in [0.3, 0.4) is 0 Å². The predicted molar refractivity (Wildman–Crippen MR) is 60.6 cm³/mol. The smallest absolute Gasteiger partial charge is 0.276 e. The van der Waals surface area contributed by atoms with E-state index in [9.17, 15) is 10.1 Å². The van der Waals surface area contributed by atoms with Gasteiger partial charge in [-0.2, -0.15) is 0 Å². The summed E-state index contributed by atoms with van der Waals surface area (Å²) in [5.74, 6) is 0. The summed E-state index contributed by atoms with van der Waals surface area (Å²) >= 11 is 0. The lowest BCUT2D eigenvalue weighted by Gasteiger charge is -1.95. The van der Waals surface area contributed by atoms with Crippen molar-refractivity contribution in [2.75, 3.05) is 0 Å². The van der Waals surface area contributed by atoms with Crippen LogP contribution < -0.4 is 0 Å². The first-order valence-electron chi connectivity index (χ1n) is 4.67. The van der Waals surface area contributed by atoms with Crippen LogP contribution in [0.5, 0.6) is 0 Å².